The van der Waals surface area contributed by atoms with Crippen molar-refractivity contribution < 1.29 is 9.18 Å². The highest BCUT2D eigenvalue weighted by Gasteiger charge is 2.19. The van der Waals surface area contributed by atoms with Gasteiger partial charge in [0.2, 0.25) is 0 Å². The summed E-state index contributed by atoms with van der Waals surface area (Å²) in [5, 5.41) is 0. The zero-order valence-corrected chi connectivity index (χ0v) is 14.1. The zero-order valence-electron chi connectivity index (χ0n) is 14.1. The lowest BCUT2D eigenvalue weighted by atomic mass is 10.2. The van der Waals surface area contributed by atoms with E-state index in [9.17, 15) is 9.18 Å². The topological polar surface area (TPSA) is 36.4 Å². The van der Waals surface area contributed by atoms with Crippen molar-refractivity contribution in [1.82, 2.24) is 14.8 Å². The SMILES string of the molecule is O=C(c1ccncc1)N1CCCN(C/C=C/c2ccc(F)cc2)CC1. The first-order chi connectivity index (χ1) is 12.2. The lowest BCUT2D eigenvalue weighted by Crippen LogP contribution is -2.35. The second-order valence-electron chi connectivity index (χ2n) is 6.14. The van der Waals surface area contributed by atoms with E-state index in [1.807, 2.05) is 11.0 Å². The van der Waals surface area contributed by atoms with E-state index >= 15 is 0 Å². The summed E-state index contributed by atoms with van der Waals surface area (Å²) in [6, 6.07) is 9.99. The third-order valence-corrected chi connectivity index (χ3v) is 4.35. The molecule has 0 atom stereocenters. The molecule has 3 rings (SSSR count). The third kappa shape index (κ3) is 4.97. The first kappa shape index (κ1) is 17.3. The molecule has 1 aromatic heterocycles. The average Bonchev–Trinajstić information content (AvgIpc) is 2.89. The van der Waals surface area contributed by atoms with Crippen molar-refractivity contribution in [3.05, 3.63) is 71.8 Å². The zero-order chi connectivity index (χ0) is 17.5. The molecule has 1 amide bonds. The maximum absolute atomic E-state index is 12.9. The molecule has 1 aliphatic heterocycles. The van der Waals surface area contributed by atoms with Crippen LogP contribution in [0.25, 0.3) is 6.08 Å². The Balaban J connectivity index is 1.51. The number of pyridine rings is 1. The molecule has 1 aliphatic rings. The van der Waals surface area contributed by atoms with Crippen LogP contribution in [0, 0.1) is 5.82 Å². The Morgan fingerprint density at radius 1 is 1.04 bits per heavy atom. The molecule has 0 unspecified atom stereocenters. The number of nitrogens with zero attached hydrogens (tertiary/aromatic N) is 3. The minimum Gasteiger partial charge on any atom is -0.337 e. The largest absolute Gasteiger partial charge is 0.337 e. The normalized spacial score (nSPS) is 16.1. The van der Waals surface area contributed by atoms with Crippen molar-refractivity contribution in [1.29, 1.82) is 0 Å². The molecular weight excluding hydrogens is 317 g/mol. The molecule has 130 valence electrons. The average molecular weight is 339 g/mol. The van der Waals surface area contributed by atoms with Crippen molar-refractivity contribution in [2.45, 2.75) is 6.42 Å². The molecule has 1 aromatic carbocycles. The second-order valence-corrected chi connectivity index (χ2v) is 6.14. The van der Waals surface area contributed by atoms with Gasteiger partial charge in [0.25, 0.3) is 5.91 Å². The lowest BCUT2D eigenvalue weighted by molar-refractivity contribution is 0.0762. The molecule has 5 heteroatoms. The molecule has 2 heterocycles. The van der Waals surface area contributed by atoms with Crippen LogP contribution in [0.4, 0.5) is 4.39 Å². The Morgan fingerprint density at radius 3 is 2.56 bits per heavy atom. The molecule has 2 aromatic rings. The van der Waals surface area contributed by atoms with Gasteiger partial charge in [0, 0.05) is 50.7 Å². The maximum Gasteiger partial charge on any atom is 0.254 e. The van der Waals surface area contributed by atoms with E-state index < -0.39 is 0 Å². The molecule has 4 nitrogen and oxygen atoms in total. The lowest BCUT2D eigenvalue weighted by Gasteiger charge is -2.21. The van der Waals surface area contributed by atoms with Crippen LogP contribution < -0.4 is 0 Å². The Bertz CT molecular complexity index is 715. The highest BCUT2D eigenvalue weighted by molar-refractivity contribution is 5.94. The monoisotopic (exact) mass is 339 g/mol. The highest BCUT2D eigenvalue weighted by Crippen LogP contribution is 2.09. The van der Waals surface area contributed by atoms with Gasteiger partial charge in [-0.3, -0.25) is 14.7 Å². The molecule has 0 bridgehead atoms. The highest BCUT2D eigenvalue weighted by atomic mass is 19.1. The third-order valence-electron chi connectivity index (χ3n) is 4.35. The summed E-state index contributed by atoms with van der Waals surface area (Å²) in [7, 11) is 0. The van der Waals surface area contributed by atoms with E-state index in [1.165, 1.54) is 12.1 Å². The van der Waals surface area contributed by atoms with Crippen LogP contribution in [0.3, 0.4) is 0 Å². The number of benzene rings is 1. The van der Waals surface area contributed by atoms with E-state index in [2.05, 4.69) is 16.0 Å². The van der Waals surface area contributed by atoms with Crippen LogP contribution in [0.2, 0.25) is 0 Å². The number of carbonyl (C=O) groups excluding carboxylic acids is 1. The van der Waals surface area contributed by atoms with Crippen LogP contribution in [-0.2, 0) is 0 Å². The van der Waals surface area contributed by atoms with Gasteiger partial charge in [-0.15, -0.1) is 0 Å². The van der Waals surface area contributed by atoms with Gasteiger partial charge >= 0.3 is 0 Å². The molecule has 1 fully saturated rings. The predicted molar refractivity (Wildman–Crippen MR) is 96.6 cm³/mol. The minimum absolute atomic E-state index is 0.0751. The van der Waals surface area contributed by atoms with Crippen molar-refractivity contribution >= 4 is 12.0 Å². The van der Waals surface area contributed by atoms with Gasteiger partial charge < -0.3 is 4.90 Å². The van der Waals surface area contributed by atoms with E-state index in [-0.39, 0.29) is 11.7 Å². The number of halogens is 1. The number of rotatable bonds is 4. The van der Waals surface area contributed by atoms with E-state index in [0.29, 0.717) is 5.56 Å². The quantitative estimate of drug-likeness (QED) is 0.859. The Labute approximate surface area is 147 Å². The number of aromatic nitrogens is 1. The standard InChI is InChI=1S/C20H22FN3O/c21-19-6-4-17(5-7-19)3-1-12-23-13-2-14-24(16-15-23)20(25)18-8-10-22-11-9-18/h1,3-11H,2,12-16H2/b3-1+. The summed E-state index contributed by atoms with van der Waals surface area (Å²) in [4.78, 5) is 20.7. The van der Waals surface area contributed by atoms with Crippen molar-refractivity contribution in [3.8, 4) is 0 Å². The van der Waals surface area contributed by atoms with Crippen molar-refractivity contribution in [3.63, 3.8) is 0 Å². The molecule has 25 heavy (non-hydrogen) atoms. The number of hydrogen-bond donors (Lipinski definition) is 0. The van der Waals surface area contributed by atoms with Gasteiger partial charge in [-0.2, -0.15) is 0 Å². The fourth-order valence-electron chi connectivity index (χ4n) is 2.95. The fourth-order valence-corrected chi connectivity index (χ4v) is 2.95. The van der Waals surface area contributed by atoms with Gasteiger partial charge in [0.05, 0.1) is 0 Å². The van der Waals surface area contributed by atoms with Gasteiger partial charge in [0.15, 0.2) is 0 Å². The van der Waals surface area contributed by atoms with Crippen molar-refractivity contribution in [2.24, 2.45) is 0 Å². The van der Waals surface area contributed by atoms with Crippen LogP contribution >= 0.6 is 0 Å². The molecule has 1 saturated heterocycles. The molecule has 0 radical (unpaired) electrons. The van der Waals surface area contributed by atoms with E-state index in [4.69, 9.17) is 0 Å². The van der Waals surface area contributed by atoms with Crippen LogP contribution in [0.15, 0.2) is 54.9 Å². The summed E-state index contributed by atoms with van der Waals surface area (Å²) in [6.45, 7) is 4.15. The van der Waals surface area contributed by atoms with E-state index in [0.717, 1.165) is 44.7 Å². The first-order valence-electron chi connectivity index (χ1n) is 8.56. The summed E-state index contributed by atoms with van der Waals surface area (Å²) in [5.41, 5.74) is 1.69. The fraction of sp³-hybridized carbons (Fsp3) is 0.300. The molecule has 0 spiro atoms. The van der Waals surface area contributed by atoms with Crippen LogP contribution in [0.1, 0.15) is 22.3 Å². The number of hydrogen-bond acceptors (Lipinski definition) is 3. The van der Waals surface area contributed by atoms with Gasteiger partial charge in [-0.25, -0.2) is 4.39 Å². The first-order valence-corrected chi connectivity index (χ1v) is 8.56. The number of amides is 1. The van der Waals surface area contributed by atoms with Gasteiger partial charge in [-0.05, 0) is 36.2 Å². The van der Waals surface area contributed by atoms with Gasteiger partial charge in [-0.1, -0.05) is 24.3 Å². The van der Waals surface area contributed by atoms with Crippen molar-refractivity contribution in [2.75, 3.05) is 32.7 Å². The predicted octanol–water partition coefficient (Wildman–Crippen LogP) is 3.08. The van der Waals surface area contributed by atoms with E-state index in [1.54, 1.807) is 36.7 Å². The Hall–Kier alpha value is -2.53. The molecule has 0 N–H and O–H groups in total. The maximum atomic E-state index is 12.9. The van der Waals surface area contributed by atoms with Gasteiger partial charge in [0.1, 0.15) is 5.82 Å². The summed E-state index contributed by atoms with van der Waals surface area (Å²) >= 11 is 0. The molecule has 0 aliphatic carbocycles. The Morgan fingerprint density at radius 2 is 1.80 bits per heavy atom. The molecule has 0 saturated carbocycles. The smallest absolute Gasteiger partial charge is 0.254 e. The van der Waals surface area contributed by atoms with Crippen LogP contribution in [0.5, 0.6) is 0 Å². The minimum atomic E-state index is -0.219. The Kier molecular flexibility index (Phi) is 5.90. The molecular formula is C20H22FN3O. The van der Waals surface area contributed by atoms with Crippen LogP contribution in [-0.4, -0.2) is 53.4 Å². The number of carbonyl (C=O) groups is 1. The summed E-state index contributed by atoms with van der Waals surface area (Å²) in [5.74, 6) is -0.144. The second kappa shape index (κ2) is 8.53. The summed E-state index contributed by atoms with van der Waals surface area (Å²) in [6.07, 6.45) is 8.36. The summed E-state index contributed by atoms with van der Waals surface area (Å²) < 4.78 is 12.9.